The van der Waals surface area contributed by atoms with Crippen LogP contribution in [0, 0.1) is 11.3 Å². The predicted molar refractivity (Wildman–Crippen MR) is 49.9 cm³/mol. The molecule has 0 fully saturated rings. The van der Waals surface area contributed by atoms with Gasteiger partial charge in [-0.05, 0) is 12.0 Å². The van der Waals surface area contributed by atoms with Crippen LogP contribution in [0.25, 0.3) is 0 Å². The van der Waals surface area contributed by atoms with Gasteiger partial charge in [-0.2, -0.15) is 0 Å². The number of ketones is 1. The van der Waals surface area contributed by atoms with Crippen LogP contribution in [0.1, 0.15) is 15.9 Å². The molecule has 3 heteroatoms. The highest BCUT2D eigenvalue weighted by molar-refractivity contribution is 6.13. The van der Waals surface area contributed by atoms with Gasteiger partial charge in [-0.15, -0.1) is 0 Å². The van der Waals surface area contributed by atoms with Crippen molar-refractivity contribution >= 4 is 11.6 Å². The Kier molecular flexibility index (Phi) is 1.65. The fraction of sp³-hybridized carbons (Fsp3) is 0.200. The molecule has 1 aromatic carbocycles. The summed E-state index contributed by atoms with van der Waals surface area (Å²) in [7, 11) is 0. The van der Waals surface area contributed by atoms with Crippen LogP contribution >= 0.6 is 0 Å². The Bertz CT molecular complexity index is 384. The molecule has 0 radical (unpaired) electrons. The molecule has 1 aromatic rings. The van der Waals surface area contributed by atoms with Gasteiger partial charge in [-0.1, -0.05) is 24.3 Å². The maximum atomic E-state index is 11.6. The first-order valence-electron chi connectivity index (χ1n) is 4.16. The molecule has 0 aliphatic heterocycles. The van der Waals surface area contributed by atoms with E-state index in [4.69, 9.17) is 11.1 Å². The molecule has 66 valence electrons. The molecular formula is C10H10N2O. The van der Waals surface area contributed by atoms with Gasteiger partial charge >= 0.3 is 0 Å². The molecule has 3 N–H and O–H groups in total. The zero-order valence-electron chi connectivity index (χ0n) is 7.08. The van der Waals surface area contributed by atoms with Crippen molar-refractivity contribution in [3.05, 3.63) is 35.4 Å². The van der Waals surface area contributed by atoms with E-state index in [1.54, 1.807) is 6.07 Å². The number of fused-ring (bicyclic) bond motifs is 1. The molecule has 0 amide bonds. The lowest BCUT2D eigenvalue weighted by Gasteiger charge is -2.02. The van der Waals surface area contributed by atoms with Crippen molar-refractivity contribution < 1.29 is 4.79 Å². The topological polar surface area (TPSA) is 66.9 Å². The summed E-state index contributed by atoms with van der Waals surface area (Å²) in [5.41, 5.74) is 7.06. The Hall–Kier alpha value is -1.64. The highest BCUT2D eigenvalue weighted by Gasteiger charge is 2.31. The van der Waals surface area contributed by atoms with E-state index in [1.165, 1.54) is 0 Å². The summed E-state index contributed by atoms with van der Waals surface area (Å²) < 4.78 is 0. The zero-order valence-corrected chi connectivity index (χ0v) is 7.08. The average Bonchev–Trinajstić information content (AvgIpc) is 2.45. The molecule has 1 atom stereocenters. The molecule has 1 unspecified atom stereocenters. The van der Waals surface area contributed by atoms with Crippen LogP contribution < -0.4 is 5.73 Å². The van der Waals surface area contributed by atoms with E-state index in [0.717, 1.165) is 11.1 Å². The third kappa shape index (κ3) is 1.13. The quantitative estimate of drug-likeness (QED) is 0.492. The van der Waals surface area contributed by atoms with Crippen LogP contribution in [0.3, 0.4) is 0 Å². The van der Waals surface area contributed by atoms with Crippen molar-refractivity contribution in [3.63, 3.8) is 0 Å². The second-order valence-corrected chi connectivity index (χ2v) is 3.23. The van der Waals surface area contributed by atoms with Gasteiger partial charge in [0.25, 0.3) is 0 Å². The van der Waals surface area contributed by atoms with Gasteiger partial charge < -0.3 is 5.73 Å². The molecule has 13 heavy (non-hydrogen) atoms. The minimum atomic E-state index is -0.419. The van der Waals surface area contributed by atoms with E-state index in [9.17, 15) is 4.79 Å². The summed E-state index contributed by atoms with van der Waals surface area (Å²) in [6, 6.07) is 7.44. The zero-order chi connectivity index (χ0) is 9.42. The van der Waals surface area contributed by atoms with Crippen molar-refractivity contribution in [2.24, 2.45) is 11.7 Å². The smallest absolute Gasteiger partial charge is 0.174 e. The van der Waals surface area contributed by atoms with E-state index in [2.05, 4.69) is 0 Å². The van der Waals surface area contributed by atoms with Crippen molar-refractivity contribution in [1.82, 2.24) is 0 Å². The summed E-state index contributed by atoms with van der Waals surface area (Å²) in [5, 5.41) is 7.25. The molecule has 0 bridgehead atoms. The summed E-state index contributed by atoms with van der Waals surface area (Å²) in [6.45, 7) is 0. The fourth-order valence-corrected chi connectivity index (χ4v) is 1.69. The first kappa shape index (κ1) is 7.98. The second-order valence-electron chi connectivity index (χ2n) is 3.23. The van der Waals surface area contributed by atoms with Gasteiger partial charge in [-0.3, -0.25) is 10.2 Å². The normalized spacial score (nSPS) is 20.0. The third-order valence-corrected chi connectivity index (χ3v) is 2.40. The van der Waals surface area contributed by atoms with Gasteiger partial charge in [-0.25, -0.2) is 0 Å². The number of amidine groups is 1. The minimum absolute atomic E-state index is 0.0110. The first-order chi connectivity index (χ1) is 6.20. The van der Waals surface area contributed by atoms with Gasteiger partial charge in [0, 0.05) is 5.56 Å². The standard InChI is InChI=1S/C10H10N2O/c11-10(12)8-5-6-3-1-2-4-7(6)9(8)13/h1-4,8H,5H2,(H3,11,12). The number of rotatable bonds is 1. The van der Waals surface area contributed by atoms with Gasteiger partial charge in [0.15, 0.2) is 5.78 Å². The highest BCUT2D eigenvalue weighted by atomic mass is 16.1. The number of carbonyl (C=O) groups excluding carboxylic acids is 1. The minimum Gasteiger partial charge on any atom is -0.387 e. The SMILES string of the molecule is N=C(N)C1Cc2ccccc2C1=O. The number of nitrogens with one attached hydrogen (secondary N) is 1. The number of Topliss-reactive ketones (excluding diaryl/α,β-unsaturated/α-hetero) is 1. The van der Waals surface area contributed by atoms with Gasteiger partial charge in [0.2, 0.25) is 0 Å². The van der Waals surface area contributed by atoms with E-state index in [-0.39, 0.29) is 11.6 Å². The lowest BCUT2D eigenvalue weighted by molar-refractivity contribution is 0.0968. The molecule has 0 saturated heterocycles. The van der Waals surface area contributed by atoms with E-state index in [0.29, 0.717) is 6.42 Å². The summed E-state index contributed by atoms with van der Waals surface area (Å²) in [4.78, 5) is 11.6. The average molecular weight is 174 g/mol. The van der Waals surface area contributed by atoms with E-state index >= 15 is 0 Å². The van der Waals surface area contributed by atoms with Gasteiger partial charge in [0.05, 0.1) is 5.92 Å². The molecule has 0 aromatic heterocycles. The van der Waals surface area contributed by atoms with Crippen molar-refractivity contribution in [3.8, 4) is 0 Å². The molecule has 2 rings (SSSR count). The Morgan fingerprint density at radius 3 is 2.77 bits per heavy atom. The van der Waals surface area contributed by atoms with E-state index < -0.39 is 5.92 Å². The van der Waals surface area contributed by atoms with Crippen molar-refractivity contribution in [2.75, 3.05) is 0 Å². The Morgan fingerprint density at radius 2 is 2.15 bits per heavy atom. The van der Waals surface area contributed by atoms with Crippen LogP contribution in [0.15, 0.2) is 24.3 Å². The van der Waals surface area contributed by atoms with E-state index in [1.807, 2.05) is 18.2 Å². The Balaban J connectivity index is 2.44. The van der Waals surface area contributed by atoms with Crippen molar-refractivity contribution in [2.45, 2.75) is 6.42 Å². The van der Waals surface area contributed by atoms with Crippen LogP contribution in [0.2, 0.25) is 0 Å². The molecule has 0 saturated carbocycles. The molecular weight excluding hydrogens is 164 g/mol. The number of nitrogens with two attached hydrogens (primary N) is 1. The van der Waals surface area contributed by atoms with Crippen LogP contribution in [-0.2, 0) is 6.42 Å². The monoisotopic (exact) mass is 174 g/mol. The predicted octanol–water partition coefficient (Wildman–Crippen LogP) is 0.978. The lowest BCUT2D eigenvalue weighted by Crippen LogP contribution is -2.27. The molecule has 0 spiro atoms. The van der Waals surface area contributed by atoms with Crippen LogP contribution in [0.5, 0.6) is 0 Å². The van der Waals surface area contributed by atoms with Crippen LogP contribution in [0.4, 0.5) is 0 Å². The summed E-state index contributed by atoms with van der Waals surface area (Å²) >= 11 is 0. The first-order valence-corrected chi connectivity index (χ1v) is 4.16. The Morgan fingerprint density at radius 1 is 1.46 bits per heavy atom. The summed E-state index contributed by atoms with van der Waals surface area (Å²) in [6.07, 6.45) is 0.588. The Labute approximate surface area is 76.1 Å². The molecule has 1 aliphatic rings. The summed E-state index contributed by atoms with van der Waals surface area (Å²) in [5.74, 6) is -0.457. The largest absolute Gasteiger partial charge is 0.387 e. The van der Waals surface area contributed by atoms with Crippen molar-refractivity contribution in [1.29, 1.82) is 5.41 Å². The van der Waals surface area contributed by atoms with Gasteiger partial charge in [0.1, 0.15) is 5.84 Å². The van der Waals surface area contributed by atoms with Crippen LogP contribution in [-0.4, -0.2) is 11.6 Å². The lowest BCUT2D eigenvalue weighted by atomic mass is 10.0. The second kappa shape index (κ2) is 2.69. The fourth-order valence-electron chi connectivity index (χ4n) is 1.69. The third-order valence-electron chi connectivity index (χ3n) is 2.40. The molecule has 3 nitrogen and oxygen atoms in total. The highest BCUT2D eigenvalue weighted by Crippen LogP contribution is 2.25. The number of hydrogen-bond donors (Lipinski definition) is 2. The number of carbonyl (C=O) groups is 1. The number of benzene rings is 1. The molecule has 0 heterocycles. The maximum absolute atomic E-state index is 11.6. The number of hydrogen-bond acceptors (Lipinski definition) is 2. The molecule has 1 aliphatic carbocycles. The maximum Gasteiger partial charge on any atom is 0.174 e.